The molecule has 0 amide bonds. The summed E-state index contributed by atoms with van der Waals surface area (Å²) in [5.41, 5.74) is 2.07. The van der Waals surface area contributed by atoms with Gasteiger partial charge in [-0.1, -0.05) is 32.1 Å². The Morgan fingerprint density at radius 1 is 1.14 bits per heavy atom. The highest BCUT2D eigenvalue weighted by molar-refractivity contribution is 5.69. The number of halogens is 2. The SMILES string of the molecule is COc1cc(/C=C/c2ncc(F)cc2F)ccc1C(C)C. The zero-order valence-corrected chi connectivity index (χ0v) is 12.2. The Balaban J connectivity index is 2.29. The summed E-state index contributed by atoms with van der Waals surface area (Å²) in [5, 5.41) is 0. The van der Waals surface area contributed by atoms with E-state index >= 15 is 0 Å². The summed E-state index contributed by atoms with van der Waals surface area (Å²) in [6, 6.07) is 6.61. The van der Waals surface area contributed by atoms with Gasteiger partial charge in [0.15, 0.2) is 5.82 Å². The maximum absolute atomic E-state index is 13.5. The Hall–Kier alpha value is -2.23. The van der Waals surface area contributed by atoms with E-state index in [0.29, 0.717) is 5.92 Å². The number of benzene rings is 1. The van der Waals surface area contributed by atoms with Crippen LogP contribution in [0.1, 0.15) is 36.6 Å². The molecule has 0 aliphatic rings. The van der Waals surface area contributed by atoms with E-state index in [-0.39, 0.29) is 5.69 Å². The molecule has 1 aromatic heterocycles. The lowest BCUT2D eigenvalue weighted by Gasteiger charge is -2.12. The third-order valence-electron chi connectivity index (χ3n) is 3.15. The number of hydrogen-bond acceptors (Lipinski definition) is 2. The fourth-order valence-corrected chi connectivity index (χ4v) is 2.03. The van der Waals surface area contributed by atoms with Crippen molar-refractivity contribution >= 4 is 12.2 Å². The molecule has 1 aromatic carbocycles. The van der Waals surface area contributed by atoms with E-state index in [9.17, 15) is 8.78 Å². The van der Waals surface area contributed by atoms with Crippen molar-refractivity contribution in [2.24, 2.45) is 0 Å². The highest BCUT2D eigenvalue weighted by Gasteiger charge is 2.07. The van der Waals surface area contributed by atoms with E-state index in [0.717, 1.165) is 29.1 Å². The molecule has 0 aliphatic heterocycles. The number of hydrogen-bond donors (Lipinski definition) is 0. The second-order valence-corrected chi connectivity index (χ2v) is 5.01. The molecule has 0 saturated heterocycles. The summed E-state index contributed by atoms with van der Waals surface area (Å²) >= 11 is 0. The van der Waals surface area contributed by atoms with E-state index < -0.39 is 11.6 Å². The molecule has 110 valence electrons. The van der Waals surface area contributed by atoms with Gasteiger partial charge >= 0.3 is 0 Å². The average Bonchev–Trinajstić information content (AvgIpc) is 2.45. The van der Waals surface area contributed by atoms with Gasteiger partial charge in [0.2, 0.25) is 0 Å². The molecule has 0 saturated carbocycles. The summed E-state index contributed by atoms with van der Waals surface area (Å²) in [6.07, 6.45) is 4.22. The van der Waals surface area contributed by atoms with Gasteiger partial charge < -0.3 is 4.74 Å². The first-order valence-corrected chi connectivity index (χ1v) is 6.68. The molecule has 21 heavy (non-hydrogen) atoms. The minimum Gasteiger partial charge on any atom is -0.496 e. The van der Waals surface area contributed by atoms with Crippen LogP contribution in [-0.2, 0) is 0 Å². The maximum atomic E-state index is 13.5. The van der Waals surface area contributed by atoms with Gasteiger partial charge in [0.1, 0.15) is 11.6 Å². The van der Waals surface area contributed by atoms with Crippen LogP contribution >= 0.6 is 0 Å². The van der Waals surface area contributed by atoms with E-state index in [1.54, 1.807) is 13.2 Å². The smallest absolute Gasteiger partial charge is 0.151 e. The first kappa shape index (κ1) is 15.2. The molecule has 0 radical (unpaired) electrons. The molecule has 2 nitrogen and oxygen atoms in total. The van der Waals surface area contributed by atoms with E-state index in [1.807, 2.05) is 18.2 Å². The summed E-state index contributed by atoms with van der Waals surface area (Å²) in [6.45, 7) is 4.18. The lowest BCUT2D eigenvalue weighted by Crippen LogP contribution is -1.94. The summed E-state index contributed by atoms with van der Waals surface area (Å²) in [7, 11) is 1.62. The van der Waals surface area contributed by atoms with Crippen molar-refractivity contribution in [3.63, 3.8) is 0 Å². The molecule has 4 heteroatoms. The van der Waals surface area contributed by atoms with Crippen molar-refractivity contribution in [2.45, 2.75) is 19.8 Å². The fraction of sp³-hybridized carbons (Fsp3) is 0.235. The number of aromatic nitrogens is 1. The molecule has 2 aromatic rings. The Morgan fingerprint density at radius 3 is 2.52 bits per heavy atom. The molecule has 0 bridgehead atoms. The van der Waals surface area contributed by atoms with Crippen LogP contribution in [0.5, 0.6) is 5.75 Å². The van der Waals surface area contributed by atoms with Crippen LogP contribution < -0.4 is 4.74 Å². The van der Waals surface area contributed by atoms with Gasteiger partial charge in [0, 0.05) is 6.07 Å². The van der Waals surface area contributed by atoms with Crippen LogP contribution in [0.15, 0.2) is 30.5 Å². The van der Waals surface area contributed by atoms with Crippen LogP contribution in [0.2, 0.25) is 0 Å². The van der Waals surface area contributed by atoms with E-state index in [4.69, 9.17) is 4.74 Å². The van der Waals surface area contributed by atoms with Gasteiger partial charge in [-0.15, -0.1) is 0 Å². The zero-order valence-electron chi connectivity index (χ0n) is 12.2. The second kappa shape index (κ2) is 6.48. The van der Waals surface area contributed by atoms with E-state index in [2.05, 4.69) is 18.8 Å². The van der Waals surface area contributed by atoms with Gasteiger partial charge in [-0.05, 0) is 29.2 Å². The van der Waals surface area contributed by atoms with Crippen LogP contribution in [-0.4, -0.2) is 12.1 Å². The van der Waals surface area contributed by atoms with E-state index in [1.165, 1.54) is 6.08 Å². The largest absolute Gasteiger partial charge is 0.496 e. The van der Waals surface area contributed by atoms with Crippen molar-refractivity contribution in [1.29, 1.82) is 0 Å². The lowest BCUT2D eigenvalue weighted by atomic mass is 10.00. The summed E-state index contributed by atoms with van der Waals surface area (Å²) in [4.78, 5) is 3.71. The van der Waals surface area contributed by atoms with Crippen molar-refractivity contribution in [1.82, 2.24) is 4.98 Å². The number of nitrogens with zero attached hydrogens (tertiary/aromatic N) is 1. The minimum atomic E-state index is -0.687. The standard InChI is InChI=1S/C17H17F2NO/c1-11(2)14-6-4-12(8-17(14)21-3)5-7-16-15(19)9-13(18)10-20-16/h4-11H,1-3H3/b7-5+. The van der Waals surface area contributed by atoms with Crippen LogP contribution in [0.4, 0.5) is 8.78 Å². The molecule has 0 fully saturated rings. The number of pyridine rings is 1. The first-order valence-electron chi connectivity index (χ1n) is 6.68. The maximum Gasteiger partial charge on any atom is 0.151 e. The van der Waals surface area contributed by atoms with Crippen LogP contribution in [0, 0.1) is 11.6 Å². The predicted molar refractivity (Wildman–Crippen MR) is 80.2 cm³/mol. The highest BCUT2D eigenvalue weighted by Crippen LogP contribution is 2.28. The van der Waals surface area contributed by atoms with Gasteiger partial charge in [-0.2, -0.15) is 0 Å². The minimum absolute atomic E-state index is 0.100. The molecule has 2 rings (SSSR count). The Morgan fingerprint density at radius 2 is 1.90 bits per heavy atom. The molecule has 0 N–H and O–H groups in total. The fourth-order valence-electron chi connectivity index (χ4n) is 2.03. The number of ether oxygens (including phenoxy) is 1. The number of rotatable bonds is 4. The first-order chi connectivity index (χ1) is 10.0. The van der Waals surface area contributed by atoms with Crippen molar-refractivity contribution in [3.05, 3.63) is 58.9 Å². The van der Waals surface area contributed by atoms with Crippen molar-refractivity contribution in [3.8, 4) is 5.75 Å². The molecule has 0 aliphatic carbocycles. The third kappa shape index (κ3) is 3.66. The molecule has 0 atom stereocenters. The molecule has 0 spiro atoms. The third-order valence-corrected chi connectivity index (χ3v) is 3.15. The number of methoxy groups -OCH3 is 1. The van der Waals surface area contributed by atoms with Crippen molar-refractivity contribution in [2.75, 3.05) is 7.11 Å². The van der Waals surface area contributed by atoms with Crippen molar-refractivity contribution < 1.29 is 13.5 Å². The lowest BCUT2D eigenvalue weighted by molar-refractivity contribution is 0.407. The monoisotopic (exact) mass is 289 g/mol. The molecule has 1 heterocycles. The predicted octanol–water partition coefficient (Wildman–Crippen LogP) is 4.66. The Labute approximate surface area is 123 Å². The second-order valence-electron chi connectivity index (χ2n) is 5.01. The summed E-state index contributed by atoms with van der Waals surface area (Å²) < 4.78 is 31.6. The van der Waals surface area contributed by atoms with Crippen LogP contribution in [0.25, 0.3) is 12.2 Å². The topological polar surface area (TPSA) is 22.1 Å². The average molecular weight is 289 g/mol. The van der Waals surface area contributed by atoms with Gasteiger partial charge in [-0.3, -0.25) is 4.98 Å². The molecular formula is C17H17F2NO. The molecular weight excluding hydrogens is 272 g/mol. The van der Waals surface area contributed by atoms with Gasteiger partial charge in [0.05, 0.1) is 19.0 Å². The molecule has 0 unspecified atom stereocenters. The Kier molecular flexibility index (Phi) is 4.68. The highest BCUT2D eigenvalue weighted by atomic mass is 19.1. The normalized spacial score (nSPS) is 11.3. The van der Waals surface area contributed by atoms with Gasteiger partial charge in [-0.25, -0.2) is 8.78 Å². The summed E-state index contributed by atoms with van der Waals surface area (Å²) in [5.74, 6) is -0.224. The quantitative estimate of drug-likeness (QED) is 0.816. The Bertz CT molecular complexity index is 666. The van der Waals surface area contributed by atoms with Gasteiger partial charge in [0.25, 0.3) is 0 Å². The zero-order chi connectivity index (χ0) is 15.4. The van der Waals surface area contributed by atoms with Crippen LogP contribution in [0.3, 0.4) is 0 Å².